The molecule has 0 radical (unpaired) electrons. The fourth-order valence-corrected chi connectivity index (χ4v) is 1.64. The van der Waals surface area contributed by atoms with Gasteiger partial charge < -0.3 is 9.47 Å². The molecule has 0 fully saturated rings. The molecule has 0 amide bonds. The van der Waals surface area contributed by atoms with Gasteiger partial charge >= 0.3 is 5.97 Å². The summed E-state index contributed by atoms with van der Waals surface area (Å²) in [6.07, 6.45) is 3.11. The molecule has 7 nitrogen and oxygen atoms in total. The highest BCUT2D eigenvalue weighted by molar-refractivity contribution is 5.80. The monoisotopic (exact) mass is 250 g/mol. The number of carbonyl (C=O) groups excluding carboxylic acids is 1. The van der Waals surface area contributed by atoms with Crippen LogP contribution in [0.4, 0.5) is 0 Å². The lowest BCUT2D eigenvalue weighted by Gasteiger charge is -2.03. The van der Waals surface area contributed by atoms with Gasteiger partial charge in [-0.2, -0.15) is 0 Å². The Morgan fingerprint density at radius 3 is 2.94 bits per heavy atom. The Morgan fingerprint density at radius 2 is 2.22 bits per heavy atom. The van der Waals surface area contributed by atoms with E-state index in [-0.39, 0.29) is 12.4 Å². The van der Waals surface area contributed by atoms with E-state index in [1.165, 1.54) is 6.33 Å². The number of imidazole rings is 1. The number of aromatic nitrogens is 4. The summed E-state index contributed by atoms with van der Waals surface area (Å²) in [4.78, 5) is 23.9. The van der Waals surface area contributed by atoms with E-state index in [0.717, 1.165) is 0 Å². The average molecular weight is 250 g/mol. The molecule has 2 aromatic heterocycles. The molecule has 2 aromatic rings. The fraction of sp³-hybridized carbons (Fsp3) is 0.455. The van der Waals surface area contributed by atoms with Crippen LogP contribution in [0.2, 0.25) is 0 Å². The predicted molar refractivity (Wildman–Crippen MR) is 62.7 cm³/mol. The number of hydrogen-bond acceptors (Lipinski definition) is 6. The molecule has 2 heterocycles. The summed E-state index contributed by atoms with van der Waals surface area (Å²) in [5, 5.41) is 0. The first-order valence-corrected chi connectivity index (χ1v) is 5.55. The van der Waals surface area contributed by atoms with Gasteiger partial charge in [-0.3, -0.25) is 9.36 Å². The van der Waals surface area contributed by atoms with Gasteiger partial charge in [0.1, 0.15) is 18.6 Å². The molecule has 18 heavy (non-hydrogen) atoms. The van der Waals surface area contributed by atoms with Gasteiger partial charge in [-0.05, 0) is 6.92 Å². The standard InChI is InChI=1S/C11H14N4O3/c1-3-18-9(16)4-8-10-11(13-5-12-8)15(6-14-10)7-17-2/h5-6H,3-4,7H2,1-2H3. The van der Waals surface area contributed by atoms with E-state index in [9.17, 15) is 4.79 Å². The summed E-state index contributed by atoms with van der Waals surface area (Å²) in [6.45, 7) is 2.47. The molecular formula is C11H14N4O3. The molecule has 96 valence electrons. The van der Waals surface area contributed by atoms with Crippen molar-refractivity contribution in [1.82, 2.24) is 19.5 Å². The maximum Gasteiger partial charge on any atom is 0.311 e. The van der Waals surface area contributed by atoms with Gasteiger partial charge in [0.05, 0.1) is 25.0 Å². The third kappa shape index (κ3) is 2.45. The maximum atomic E-state index is 11.4. The minimum atomic E-state index is -0.321. The van der Waals surface area contributed by atoms with E-state index in [1.807, 2.05) is 0 Å². The lowest BCUT2D eigenvalue weighted by Crippen LogP contribution is -2.09. The van der Waals surface area contributed by atoms with E-state index >= 15 is 0 Å². The number of ether oxygens (including phenoxy) is 2. The third-order valence-corrected chi connectivity index (χ3v) is 2.36. The van der Waals surface area contributed by atoms with Gasteiger partial charge in [0.25, 0.3) is 0 Å². The van der Waals surface area contributed by atoms with Crippen LogP contribution in [-0.2, 0) is 27.4 Å². The van der Waals surface area contributed by atoms with Crippen molar-refractivity contribution in [3.05, 3.63) is 18.3 Å². The van der Waals surface area contributed by atoms with Gasteiger partial charge in [0.2, 0.25) is 0 Å². The summed E-state index contributed by atoms with van der Waals surface area (Å²) in [6, 6.07) is 0. The van der Waals surface area contributed by atoms with Gasteiger partial charge in [-0.1, -0.05) is 0 Å². The second-order valence-electron chi connectivity index (χ2n) is 3.61. The predicted octanol–water partition coefficient (Wildman–Crippen LogP) is 0.536. The Hall–Kier alpha value is -2.02. The van der Waals surface area contributed by atoms with Crippen LogP contribution < -0.4 is 0 Å². The number of nitrogens with zero attached hydrogens (tertiary/aromatic N) is 4. The molecule has 0 saturated heterocycles. The van der Waals surface area contributed by atoms with E-state index < -0.39 is 0 Å². The highest BCUT2D eigenvalue weighted by atomic mass is 16.5. The number of methoxy groups -OCH3 is 1. The largest absolute Gasteiger partial charge is 0.466 e. The van der Waals surface area contributed by atoms with Crippen molar-refractivity contribution in [2.75, 3.05) is 13.7 Å². The Bertz CT molecular complexity index is 552. The van der Waals surface area contributed by atoms with Crippen molar-refractivity contribution in [1.29, 1.82) is 0 Å². The molecule has 0 atom stereocenters. The van der Waals surface area contributed by atoms with Crippen LogP contribution in [0.25, 0.3) is 11.2 Å². The molecular weight excluding hydrogens is 236 g/mol. The Balaban J connectivity index is 2.31. The lowest BCUT2D eigenvalue weighted by atomic mass is 10.3. The van der Waals surface area contributed by atoms with Crippen LogP contribution in [0.1, 0.15) is 12.6 Å². The first kappa shape index (κ1) is 12.4. The number of fused-ring (bicyclic) bond motifs is 1. The molecule has 0 spiro atoms. The van der Waals surface area contributed by atoms with Crippen molar-refractivity contribution >= 4 is 17.1 Å². The van der Waals surface area contributed by atoms with Gasteiger partial charge in [-0.15, -0.1) is 0 Å². The van der Waals surface area contributed by atoms with Crippen LogP contribution in [0.5, 0.6) is 0 Å². The number of rotatable bonds is 5. The maximum absolute atomic E-state index is 11.4. The molecule has 7 heteroatoms. The number of esters is 1. The van der Waals surface area contributed by atoms with E-state index in [2.05, 4.69) is 15.0 Å². The summed E-state index contributed by atoms with van der Waals surface area (Å²) < 4.78 is 11.7. The summed E-state index contributed by atoms with van der Waals surface area (Å²) in [5.41, 5.74) is 1.81. The smallest absolute Gasteiger partial charge is 0.311 e. The minimum Gasteiger partial charge on any atom is -0.466 e. The Kier molecular flexibility index (Phi) is 3.83. The van der Waals surface area contributed by atoms with Crippen LogP contribution in [-0.4, -0.2) is 39.2 Å². The fourth-order valence-electron chi connectivity index (χ4n) is 1.64. The number of hydrogen-bond donors (Lipinski definition) is 0. The second kappa shape index (κ2) is 5.54. The van der Waals surface area contributed by atoms with Crippen molar-refractivity contribution in [3.63, 3.8) is 0 Å². The van der Waals surface area contributed by atoms with E-state index in [0.29, 0.717) is 30.2 Å². The van der Waals surface area contributed by atoms with Crippen molar-refractivity contribution < 1.29 is 14.3 Å². The van der Waals surface area contributed by atoms with E-state index in [4.69, 9.17) is 9.47 Å². The normalized spacial score (nSPS) is 10.8. The highest BCUT2D eigenvalue weighted by Crippen LogP contribution is 2.13. The second-order valence-corrected chi connectivity index (χ2v) is 3.61. The SMILES string of the molecule is CCOC(=O)Cc1ncnc2c1ncn2COC. The summed E-state index contributed by atoms with van der Waals surface area (Å²) >= 11 is 0. The zero-order chi connectivity index (χ0) is 13.0. The van der Waals surface area contributed by atoms with Crippen LogP contribution >= 0.6 is 0 Å². The third-order valence-electron chi connectivity index (χ3n) is 2.36. The zero-order valence-corrected chi connectivity index (χ0v) is 10.3. The molecule has 0 N–H and O–H groups in total. The molecule has 0 saturated carbocycles. The molecule has 0 aromatic carbocycles. The highest BCUT2D eigenvalue weighted by Gasteiger charge is 2.13. The lowest BCUT2D eigenvalue weighted by molar-refractivity contribution is -0.142. The molecule has 0 unspecified atom stereocenters. The number of carbonyl (C=O) groups is 1. The van der Waals surface area contributed by atoms with Crippen LogP contribution in [0.3, 0.4) is 0 Å². The molecule has 0 aliphatic heterocycles. The van der Waals surface area contributed by atoms with Gasteiger partial charge in [0, 0.05) is 7.11 Å². The molecule has 0 aliphatic rings. The molecule has 0 bridgehead atoms. The summed E-state index contributed by atoms with van der Waals surface area (Å²) in [7, 11) is 1.59. The average Bonchev–Trinajstić information content (AvgIpc) is 2.75. The van der Waals surface area contributed by atoms with Crippen molar-refractivity contribution in [2.45, 2.75) is 20.1 Å². The summed E-state index contributed by atoms with van der Waals surface area (Å²) in [5.74, 6) is -0.321. The zero-order valence-electron chi connectivity index (χ0n) is 10.3. The van der Waals surface area contributed by atoms with Gasteiger partial charge in [-0.25, -0.2) is 15.0 Å². The first-order chi connectivity index (χ1) is 8.76. The molecule has 2 rings (SSSR count). The van der Waals surface area contributed by atoms with Gasteiger partial charge in [0.15, 0.2) is 5.65 Å². The quantitative estimate of drug-likeness (QED) is 0.720. The topological polar surface area (TPSA) is 79.1 Å². The Labute approximate surface area is 104 Å². The van der Waals surface area contributed by atoms with E-state index in [1.54, 1.807) is 24.9 Å². The van der Waals surface area contributed by atoms with Crippen molar-refractivity contribution in [2.24, 2.45) is 0 Å². The molecule has 0 aliphatic carbocycles. The first-order valence-electron chi connectivity index (χ1n) is 5.55. The van der Waals surface area contributed by atoms with Crippen LogP contribution in [0, 0.1) is 0 Å². The van der Waals surface area contributed by atoms with Crippen LogP contribution in [0.15, 0.2) is 12.7 Å². The Morgan fingerprint density at radius 1 is 1.39 bits per heavy atom. The minimum absolute atomic E-state index is 0.0941. The van der Waals surface area contributed by atoms with Crippen molar-refractivity contribution in [3.8, 4) is 0 Å².